The van der Waals surface area contributed by atoms with Gasteiger partial charge in [-0.1, -0.05) is 18.2 Å². The van der Waals surface area contributed by atoms with Gasteiger partial charge in [-0.25, -0.2) is 0 Å². The van der Waals surface area contributed by atoms with Crippen LogP contribution in [-0.2, 0) is 13.0 Å². The summed E-state index contributed by atoms with van der Waals surface area (Å²) in [5, 5.41) is 2.02. The van der Waals surface area contributed by atoms with Crippen molar-refractivity contribution in [1.29, 1.82) is 0 Å². The fraction of sp³-hybridized carbons (Fsp3) is 0.400. The highest BCUT2D eigenvalue weighted by Gasteiger charge is 2.14. The predicted molar refractivity (Wildman–Crippen MR) is 70.3 cm³/mol. The van der Waals surface area contributed by atoms with Crippen LogP contribution >= 0.6 is 0 Å². The molecule has 1 aliphatic carbocycles. The summed E-state index contributed by atoms with van der Waals surface area (Å²) in [6.45, 7) is 3.03. The largest absolute Gasteiger partial charge is 0.344 e. The summed E-state index contributed by atoms with van der Waals surface area (Å²) in [6, 6.07) is 0. The average molecular weight is 227 g/mol. The van der Waals surface area contributed by atoms with Crippen LogP contribution < -0.4 is 16.0 Å². The van der Waals surface area contributed by atoms with Crippen LogP contribution in [0.3, 0.4) is 0 Å². The van der Waals surface area contributed by atoms with Gasteiger partial charge in [0.15, 0.2) is 5.43 Å². The summed E-state index contributed by atoms with van der Waals surface area (Å²) < 4.78 is 2.35. The molecule has 1 aromatic rings. The minimum absolute atomic E-state index is 0.230. The molecular weight excluding hydrogens is 210 g/mol. The lowest BCUT2D eigenvalue weighted by Crippen LogP contribution is -2.48. The van der Waals surface area contributed by atoms with Gasteiger partial charge in [0, 0.05) is 23.0 Å². The molecule has 2 nitrogen and oxygen atoms in total. The first-order chi connectivity index (χ1) is 8.29. The van der Waals surface area contributed by atoms with Crippen LogP contribution in [0.4, 0.5) is 0 Å². The van der Waals surface area contributed by atoms with Crippen molar-refractivity contribution in [2.45, 2.75) is 39.2 Å². The molecule has 0 spiro atoms. The van der Waals surface area contributed by atoms with E-state index in [1.165, 1.54) is 18.5 Å². The zero-order chi connectivity index (χ0) is 11.8. The molecule has 17 heavy (non-hydrogen) atoms. The third-order valence-corrected chi connectivity index (χ3v) is 3.80. The molecule has 0 atom stereocenters. The van der Waals surface area contributed by atoms with Gasteiger partial charge in [0.1, 0.15) is 0 Å². The second kappa shape index (κ2) is 4.02. The van der Waals surface area contributed by atoms with Crippen LogP contribution in [0.2, 0.25) is 0 Å². The van der Waals surface area contributed by atoms with E-state index in [4.69, 9.17) is 0 Å². The highest BCUT2D eigenvalue weighted by Crippen LogP contribution is 2.12. The lowest BCUT2D eigenvalue weighted by atomic mass is 10.0. The normalized spacial score (nSPS) is 17.5. The minimum atomic E-state index is 0.230. The van der Waals surface area contributed by atoms with Gasteiger partial charge in [0.25, 0.3) is 0 Å². The van der Waals surface area contributed by atoms with Crippen molar-refractivity contribution >= 4 is 12.2 Å². The monoisotopic (exact) mass is 227 g/mol. The van der Waals surface area contributed by atoms with Crippen molar-refractivity contribution in [2.24, 2.45) is 0 Å². The molecule has 0 bridgehead atoms. The number of hydrogen-bond acceptors (Lipinski definition) is 1. The van der Waals surface area contributed by atoms with Gasteiger partial charge < -0.3 is 4.57 Å². The van der Waals surface area contributed by atoms with E-state index in [1.807, 2.05) is 6.92 Å². The Morgan fingerprint density at radius 3 is 3.06 bits per heavy atom. The summed E-state index contributed by atoms with van der Waals surface area (Å²) in [6.07, 6.45) is 12.7. The van der Waals surface area contributed by atoms with Crippen molar-refractivity contribution in [3.63, 3.8) is 0 Å². The van der Waals surface area contributed by atoms with Gasteiger partial charge in [-0.3, -0.25) is 4.79 Å². The molecule has 0 N–H and O–H groups in total. The second-order valence-corrected chi connectivity index (χ2v) is 4.84. The number of hydrogen-bond donors (Lipinski definition) is 0. The van der Waals surface area contributed by atoms with Crippen molar-refractivity contribution in [3.8, 4) is 0 Å². The summed E-state index contributed by atoms with van der Waals surface area (Å²) in [5.41, 5.74) is 2.43. The van der Waals surface area contributed by atoms with E-state index in [9.17, 15) is 4.79 Å². The summed E-state index contributed by atoms with van der Waals surface area (Å²) in [7, 11) is 0. The van der Waals surface area contributed by atoms with Crippen molar-refractivity contribution in [3.05, 3.63) is 44.2 Å². The summed E-state index contributed by atoms with van der Waals surface area (Å²) >= 11 is 0. The number of aromatic nitrogens is 1. The van der Waals surface area contributed by atoms with Gasteiger partial charge in [-0.2, -0.15) is 0 Å². The maximum Gasteiger partial charge on any atom is 0.192 e. The molecule has 2 heteroatoms. The molecule has 0 radical (unpaired) electrons. The van der Waals surface area contributed by atoms with Gasteiger partial charge in [0.05, 0.1) is 5.35 Å². The van der Waals surface area contributed by atoms with Crippen LogP contribution in [0.15, 0.2) is 16.9 Å². The Balaban J connectivity index is 2.50. The smallest absolute Gasteiger partial charge is 0.192 e. The van der Waals surface area contributed by atoms with Crippen LogP contribution in [0.1, 0.15) is 30.5 Å². The lowest BCUT2D eigenvalue weighted by molar-refractivity contribution is 0.508. The highest BCUT2D eigenvalue weighted by atomic mass is 16.1. The standard InChI is InChI=1S/C15H17NO/c1-11-13-8-5-6-10-16(13)14-9-4-2-3-7-12(14)15(11)17/h2,4,7,9H,3,5-6,8,10H2,1H3. The third-order valence-electron chi connectivity index (χ3n) is 3.80. The Kier molecular flexibility index (Phi) is 2.50. The molecule has 2 heterocycles. The molecule has 0 saturated heterocycles. The van der Waals surface area contributed by atoms with E-state index in [-0.39, 0.29) is 5.43 Å². The number of fused-ring (bicyclic) bond motifs is 3. The van der Waals surface area contributed by atoms with Crippen LogP contribution in [-0.4, -0.2) is 4.57 Å². The molecular formula is C15H17NO. The van der Waals surface area contributed by atoms with Gasteiger partial charge in [-0.05, 0) is 38.7 Å². The Morgan fingerprint density at radius 2 is 2.18 bits per heavy atom. The van der Waals surface area contributed by atoms with Gasteiger partial charge in [0.2, 0.25) is 0 Å². The summed E-state index contributed by atoms with van der Waals surface area (Å²) in [5.74, 6) is 0. The Bertz CT molecular complexity index is 662. The molecule has 2 aliphatic rings. The number of nitrogens with zero attached hydrogens (tertiary/aromatic N) is 1. The first-order valence-corrected chi connectivity index (χ1v) is 6.38. The maximum absolute atomic E-state index is 12.3. The molecule has 88 valence electrons. The van der Waals surface area contributed by atoms with Crippen LogP contribution in [0.25, 0.3) is 12.2 Å². The number of allylic oxidation sites excluding steroid dienone is 2. The fourth-order valence-corrected chi connectivity index (χ4v) is 2.88. The maximum atomic E-state index is 12.3. The molecule has 0 fully saturated rings. The topological polar surface area (TPSA) is 22.0 Å². The van der Waals surface area contributed by atoms with Crippen molar-refractivity contribution in [1.82, 2.24) is 4.57 Å². The van der Waals surface area contributed by atoms with E-state index >= 15 is 0 Å². The lowest BCUT2D eigenvalue weighted by Gasteiger charge is -2.22. The van der Waals surface area contributed by atoms with Crippen LogP contribution in [0.5, 0.6) is 0 Å². The first-order valence-electron chi connectivity index (χ1n) is 6.38. The zero-order valence-corrected chi connectivity index (χ0v) is 10.2. The minimum Gasteiger partial charge on any atom is -0.344 e. The molecule has 0 unspecified atom stereocenters. The molecule has 1 aromatic heterocycles. The van der Waals surface area contributed by atoms with Gasteiger partial charge >= 0.3 is 0 Å². The molecule has 0 saturated carbocycles. The van der Waals surface area contributed by atoms with Gasteiger partial charge in [-0.15, -0.1) is 0 Å². The molecule has 1 aliphatic heterocycles. The number of pyridine rings is 1. The number of rotatable bonds is 0. The van der Waals surface area contributed by atoms with E-state index in [1.54, 1.807) is 0 Å². The van der Waals surface area contributed by atoms with E-state index in [0.29, 0.717) is 0 Å². The van der Waals surface area contributed by atoms with E-state index < -0.39 is 0 Å². The molecule has 3 rings (SSSR count). The third kappa shape index (κ3) is 1.59. The Hall–Kier alpha value is -1.57. The average Bonchev–Trinajstić information content (AvgIpc) is 2.62. The van der Waals surface area contributed by atoms with Crippen molar-refractivity contribution < 1.29 is 0 Å². The fourth-order valence-electron chi connectivity index (χ4n) is 2.88. The molecule has 0 aromatic carbocycles. The van der Waals surface area contributed by atoms with Crippen LogP contribution in [0, 0.1) is 6.92 Å². The predicted octanol–water partition coefficient (Wildman–Crippen LogP) is 1.01. The second-order valence-electron chi connectivity index (χ2n) is 4.84. The quantitative estimate of drug-likeness (QED) is 0.648. The van der Waals surface area contributed by atoms with E-state index in [0.717, 1.165) is 35.5 Å². The van der Waals surface area contributed by atoms with Crippen molar-refractivity contribution in [2.75, 3.05) is 0 Å². The highest BCUT2D eigenvalue weighted by molar-refractivity contribution is 5.44. The zero-order valence-electron chi connectivity index (χ0n) is 10.2. The SMILES string of the molecule is Cc1c2n(c3c(c1=O)=CCC=CC=3)CCCC2. The van der Waals surface area contributed by atoms with E-state index in [2.05, 4.69) is 28.9 Å². The summed E-state index contributed by atoms with van der Waals surface area (Å²) in [4.78, 5) is 12.3. The first kappa shape index (κ1) is 10.6. The Morgan fingerprint density at radius 1 is 1.29 bits per heavy atom. The Labute approximate surface area is 101 Å². The molecule has 0 amide bonds.